The van der Waals surface area contributed by atoms with E-state index in [1.54, 1.807) is 11.0 Å². The molecule has 208 valence electrons. The van der Waals surface area contributed by atoms with E-state index in [-0.39, 0.29) is 30.2 Å². The van der Waals surface area contributed by atoms with Crippen molar-refractivity contribution in [3.05, 3.63) is 58.9 Å². The fourth-order valence-corrected chi connectivity index (χ4v) is 5.34. The Kier molecular flexibility index (Phi) is 7.88. The van der Waals surface area contributed by atoms with Crippen molar-refractivity contribution in [1.29, 1.82) is 0 Å². The molecule has 3 fully saturated rings. The quantitative estimate of drug-likeness (QED) is 0.566. The number of carbonyl (C=O) groups is 3. The zero-order valence-corrected chi connectivity index (χ0v) is 21.4. The minimum Gasteiger partial charge on any atom is -0.490 e. The number of amides is 3. The lowest BCUT2D eigenvalue weighted by molar-refractivity contribution is -0.141. The summed E-state index contributed by atoms with van der Waals surface area (Å²) in [6.45, 7) is 2.04. The minimum atomic E-state index is -4.34. The number of fused-ring (bicyclic) bond motifs is 1. The first-order valence-corrected chi connectivity index (χ1v) is 13.4. The lowest BCUT2D eigenvalue weighted by Gasteiger charge is -2.29. The molecule has 1 aliphatic carbocycles. The van der Waals surface area contributed by atoms with E-state index >= 15 is 0 Å². The third-order valence-corrected chi connectivity index (χ3v) is 7.68. The molecule has 0 radical (unpaired) electrons. The largest absolute Gasteiger partial charge is 0.490 e. The van der Waals surface area contributed by atoms with E-state index in [2.05, 4.69) is 15.6 Å². The Balaban J connectivity index is 0.000000186. The van der Waals surface area contributed by atoms with Crippen LogP contribution in [0.5, 0.6) is 5.75 Å². The summed E-state index contributed by atoms with van der Waals surface area (Å²) in [5, 5.41) is 5.38. The van der Waals surface area contributed by atoms with E-state index in [1.807, 2.05) is 12.1 Å². The molecule has 8 nitrogen and oxygen atoms in total. The number of aromatic nitrogens is 1. The van der Waals surface area contributed by atoms with Gasteiger partial charge in [0, 0.05) is 43.7 Å². The van der Waals surface area contributed by atoms with Crippen LogP contribution in [0.25, 0.3) is 0 Å². The predicted molar refractivity (Wildman–Crippen MR) is 135 cm³/mol. The second kappa shape index (κ2) is 11.3. The van der Waals surface area contributed by atoms with Gasteiger partial charge in [-0.1, -0.05) is 12.5 Å². The first-order valence-electron chi connectivity index (χ1n) is 13.4. The van der Waals surface area contributed by atoms with E-state index in [9.17, 15) is 27.6 Å². The first kappa shape index (κ1) is 27.1. The summed E-state index contributed by atoms with van der Waals surface area (Å²) in [5.74, 6) is 0.326. The Labute approximate surface area is 224 Å². The molecule has 11 heteroatoms. The standard InChI is InChI=1S/C19H22N2O4.C9H9F3N2/c22-17-9-8-16(18(23)20-17)21-11-12-10-14(6-7-15(12)19(21)24)25-13-4-2-1-3-5-13;10-9(11,12)8-2-1-6(5-14-8)7-3-13-4-7/h6-7,10,13,16H,1-5,8-9,11H2,(H,20,22,23);1-2,5,7,13H,3-4H2. The number of carbonyl (C=O) groups excluding carboxylic acids is 3. The Morgan fingerprint density at radius 1 is 0.974 bits per heavy atom. The van der Waals surface area contributed by atoms with Gasteiger partial charge in [-0.15, -0.1) is 0 Å². The molecule has 1 atom stereocenters. The van der Waals surface area contributed by atoms with Crippen molar-refractivity contribution in [3.8, 4) is 5.75 Å². The van der Waals surface area contributed by atoms with Gasteiger partial charge in [0.2, 0.25) is 11.8 Å². The number of halogens is 3. The second-order valence-electron chi connectivity index (χ2n) is 10.4. The molecule has 1 unspecified atom stereocenters. The molecule has 1 aromatic carbocycles. The summed E-state index contributed by atoms with van der Waals surface area (Å²) in [6.07, 6.45) is 3.74. The SMILES string of the molecule is FC(F)(F)c1ccc(C2CNC2)cn1.O=C1CCC(N2Cc3cc(OC4CCCCC4)ccc3C2=O)C(=O)N1. The molecule has 39 heavy (non-hydrogen) atoms. The predicted octanol–water partition coefficient (Wildman–Crippen LogP) is 3.95. The number of pyridine rings is 1. The van der Waals surface area contributed by atoms with Gasteiger partial charge in [-0.05, 0) is 67.5 Å². The smallest absolute Gasteiger partial charge is 0.433 e. The summed E-state index contributed by atoms with van der Waals surface area (Å²) in [7, 11) is 0. The number of piperidine rings is 1. The van der Waals surface area contributed by atoms with Crippen molar-refractivity contribution < 1.29 is 32.3 Å². The lowest BCUT2D eigenvalue weighted by atomic mass is 9.95. The molecule has 4 aliphatic rings. The number of ether oxygens (including phenoxy) is 1. The lowest BCUT2D eigenvalue weighted by Crippen LogP contribution is -2.52. The van der Waals surface area contributed by atoms with Crippen LogP contribution in [0, 0.1) is 0 Å². The third kappa shape index (κ3) is 6.24. The Hall–Kier alpha value is -3.47. The number of benzene rings is 1. The average molecular weight is 545 g/mol. The summed E-state index contributed by atoms with van der Waals surface area (Å²) >= 11 is 0. The first-order chi connectivity index (χ1) is 18.7. The Morgan fingerprint density at radius 2 is 1.74 bits per heavy atom. The average Bonchev–Trinajstić information content (AvgIpc) is 3.19. The maximum absolute atomic E-state index is 12.6. The van der Waals surface area contributed by atoms with Gasteiger partial charge in [0.15, 0.2) is 0 Å². The Bertz CT molecular complexity index is 1220. The highest BCUT2D eigenvalue weighted by Gasteiger charge is 2.39. The Morgan fingerprint density at radius 3 is 2.36 bits per heavy atom. The monoisotopic (exact) mass is 544 g/mol. The van der Waals surface area contributed by atoms with Crippen LogP contribution in [-0.4, -0.2) is 52.8 Å². The molecule has 1 saturated carbocycles. The molecule has 0 spiro atoms. The van der Waals surface area contributed by atoms with Crippen LogP contribution >= 0.6 is 0 Å². The summed E-state index contributed by atoms with van der Waals surface area (Å²) in [4.78, 5) is 41.0. The number of rotatable bonds is 4. The number of hydrogen-bond acceptors (Lipinski definition) is 6. The van der Waals surface area contributed by atoms with Crippen LogP contribution in [0.2, 0.25) is 0 Å². The van der Waals surface area contributed by atoms with Crippen molar-refractivity contribution >= 4 is 17.7 Å². The van der Waals surface area contributed by atoms with E-state index in [4.69, 9.17) is 4.74 Å². The topological polar surface area (TPSA) is 101 Å². The molecule has 2 N–H and O–H groups in total. The van der Waals surface area contributed by atoms with Crippen molar-refractivity contribution in [2.45, 2.75) is 75.7 Å². The van der Waals surface area contributed by atoms with Crippen LogP contribution in [-0.2, 0) is 22.3 Å². The highest BCUT2D eigenvalue weighted by molar-refractivity contribution is 6.05. The molecule has 6 rings (SSSR count). The van der Waals surface area contributed by atoms with Gasteiger partial charge >= 0.3 is 6.18 Å². The highest BCUT2D eigenvalue weighted by Crippen LogP contribution is 2.32. The maximum atomic E-state index is 12.6. The summed E-state index contributed by atoms with van der Waals surface area (Å²) < 4.78 is 42.5. The van der Waals surface area contributed by atoms with Gasteiger partial charge in [0.05, 0.1) is 6.10 Å². The second-order valence-corrected chi connectivity index (χ2v) is 10.4. The summed E-state index contributed by atoms with van der Waals surface area (Å²) in [5.41, 5.74) is 1.56. The zero-order valence-electron chi connectivity index (χ0n) is 21.4. The van der Waals surface area contributed by atoms with Gasteiger partial charge in [0.1, 0.15) is 17.5 Å². The molecule has 3 amide bonds. The number of nitrogens with one attached hydrogen (secondary N) is 2. The normalized spacial score (nSPS) is 22.0. The molecular weight excluding hydrogens is 513 g/mol. The van der Waals surface area contributed by atoms with Crippen LogP contribution in [0.3, 0.4) is 0 Å². The van der Waals surface area contributed by atoms with Gasteiger partial charge in [-0.25, -0.2) is 0 Å². The fraction of sp³-hybridized carbons (Fsp3) is 0.500. The summed E-state index contributed by atoms with van der Waals surface area (Å²) in [6, 6.07) is 7.53. The van der Waals surface area contributed by atoms with Crippen molar-refractivity contribution in [2.75, 3.05) is 13.1 Å². The number of alkyl halides is 3. The van der Waals surface area contributed by atoms with Gasteiger partial charge in [0.25, 0.3) is 5.91 Å². The van der Waals surface area contributed by atoms with E-state index in [0.717, 1.165) is 48.9 Å². The number of nitrogens with zero attached hydrogens (tertiary/aromatic N) is 2. The molecule has 0 bridgehead atoms. The van der Waals surface area contributed by atoms with E-state index in [0.29, 0.717) is 24.4 Å². The number of imide groups is 1. The van der Waals surface area contributed by atoms with Crippen molar-refractivity contribution in [3.63, 3.8) is 0 Å². The zero-order chi connectivity index (χ0) is 27.6. The maximum Gasteiger partial charge on any atom is 0.433 e. The number of hydrogen-bond donors (Lipinski definition) is 2. The highest BCUT2D eigenvalue weighted by atomic mass is 19.4. The molecular formula is C28H31F3N4O4. The fourth-order valence-electron chi connectivity index (χ4n) is 5.34. The molecule has 1 aromatic heterocycles. The molecule has 3 aliphatic heterocycles. The molecule has 2 aromatic rings. The van der Waals surface area contributed by atoms with Crippen LogP contribution in [0.1, 0.15) is 78.0 Å². The van der Waals surface area contributed by atoms with Gasteiger partial charge < -0.3 is 15.0 Å². The van der Waals surface area contributed by atoms with Gasteiger partial charge in [-0.3, -0.25) is 24.7 Å². The van der Waals surface area contributed by atoms with Crippen LogP contribution in [0.15, 0.2) is 36.5 Å². The van der Waals surface area contributed by atoms with Gasteiger partial charge in [-0.2, -0.15) is 13.2 Å². The van der Waals surface area contributed by atoms with Crippen LogP contribution < -0.4 is 15.4 Å². The molecule has 4 heterocycles. The third-order valence-electron chi connectivity index (χ3n) is 7.68. The minimum absolute atomic E-state index is 0.145. The van der Waals surface area contributed by atoms with Crippen LogP contribution in [0.4, 0.5) is 13.2 Å². The molecule has 2 saturated heterocycles. The van der Waals surface area contributed by atoms with Crippen molar-refractivity contribution in [2.24, 2.45) is 0 Å². The van der Waals surface area contributed by atoms with Crippen molar-refractivity contribution in [1.82, 2.24) is 20.5 Å². The van der Waals surface area contributed by atoms with E-state index in [1.165, 1.54) is 31.5 Å². The van der Waals surface area contributed by atoms with E-state index < -0.39 is 17.9 Å².